The van der Waals surface area contributed by atoms with Crippen molar-refractivity contribution >= 4 is 11.6 Å². The molecule has 0 fully saturated rings. The number of carbonyl (C=O) groups is 1. The first kappa shape index (κ1) is 13.0. The second kappa shape index (κ2) is 5.06. The largest absolute Gasteiger partial charge is 0.324 e. The van der Waals surface area contributed by atoms with Gasteiger partial charge in [0.25, 0.3) is 0 Å². The van der Waals surface area contributed by atoms with Crippen molar-refractivity contribution in [3.05, 3.63) is 24.0 Å². The third kappa shape index (κ3) is 2.01. The number of amides is 1. The van der Waals surface area contributed by atoms with Gasteiger partial charge >= 0.3 is 0 Å². The molecule has 2 N–H and O–H groups in total. The molecule has 1 unspecified atom stereocenters. The van der Waals surface area contributed by atoms with Gasteiger partial charge in [-0.15, -0.1) is 0 Å². The Bertz CT molecular complexity index is 446. The Morgan fingerprint density at radius 3 is 2.89 bits per heavy atom. The van der Waals surface area contributed by atoms with E-state index >= 15 is 0 Å². The van der Waals surface area contributed by atoms with Crippen LogP contribution in [0, 0.1) is 5.92 Å². The topological polar surface area (TPSA) is 59.2 Å². The molecular weight excluding hydrogens is 226 g/mol. The number of hydrogen-bond donors (Lipinski definition) is 1. The highest BCUT2D eigenvalue weighted by Gasteiger charge is 2.38. The lowest BCUT2D eigenvalue weighted by Crippen LogP contribution is -2.50. The highest BCUT2D eigenvalue weighted by molar-refractivity contribution is 5.93. The van der Waals surface area contributed by atoms with E-state index in [1.807, 2.05) is 11.0 Å². The Kier molecular flexibility index (Phi) is 3.66. The maximum atomic E-state index is 12.0. The van der Waals surface area contributed by atoms with Crippen molar-refractivity contribution in [1.29, 1.82) is 0 Å². The van der Waals surface area contributed by atoms with Gasteiger partial charge in [0, 0.05) is 25.2 Å². The number of nitrogens with two attached hydrogens (primary N) is 1. The Morgan fingerprint density at radius 1 is 1.56 bits per heavy atom. The summed E-state index contributed by atoms with van der Waals surface area (Å²) in [6, 6.07) is 2.09. The van der Waals surface area contributed by atoms with E-state index in [9.17, 15) is 4.79 Å². The van der Waals surface area contributed by atoms with Crippen molar-refractivity contribution in [1.82, 2.24) is 4.98 Å². The molecule has 1 aliphatic rings. The highest BCUT2D eigenvalue weighted by atomic mass is 16.2. The second-order valence-corrected chi connectivity index (χ2v) is 5.06. The van der Waals surface area contributed by atoms with Crippen LogP contribution in [0.25, 0.3) is 0 Å². The van der Waals surface area contributed by atoms with E-state index in [4.69, 9.17) is 5.73 Å². The molecule has 1 aromatic rings. The molecule has 3 atom stereocenters. The first-order valence-corrected chi connectivity index (χ1v) is 6.57. The Balaban J connectivity index is 2.51. The van der Waals surface area contributed by atoms with Gasteiger partial charge in [-0.05, 0) is 24.0 Å². The Labute approximate surface area is 108 Å². The van der Waals surface area contributed by atoms with Gasteiger partial charge in [0.1, 0.15) is 0 Å². The van der Waals surface area contributed by atoms with Crippen molar-refractivity contribution in [2.45, 2.75) is 45.7 Å². The molecule has 0 aliphatic carbocycles. The molecule has 0 saturated carbocycles. The van der Waals surface area contributed by atoms with Crippen molar-refractivity contribution in [2.75, 3.05) is 4.90 Å². The molecule has 0 aromatic carbocycles. The first-order valence-electron chi connectivity index (χ1n) is 6.57. The minimum Gasteiger partial charge on any atom is -0.324 e. The second-order valence-electron chi connectivity index (χ2n) is 5.06. The van der Waals surface area contributed by atoms with Crippen LogP contribution in [0.3, 0.4) is 0 Å². The van der Waals surface area contributed by atoms with Gasteiger partial charge in [-0.1, -0.05) is 20.3 Å². The van der Waals surface area contributed by atoms with Gasteiger partial charge in [0.15, 0.2) is 0 Å². The Morgan fingerprint density at radius 2 is 2.28 bits per heavy atom. The van der Waals surface area contributed by atoms with Crippen LogP contribution < -0.4 is 10.6 Å². The predicted octanol–water partition coefficient (Wildman–Crippen LogP) is 2.25. The van der Waals surface area contributed by atoms with Gasteiger partial charge in [0.2, 0.25) is 5.91 Å². The number of hydrogen-bond acceptors (Lipinski definition) is 3. The van der Waals surface area contributed by atoms with Crippen LogP contribution in [0.1, 0.15) is 45.2 Å². The fraction of sp³-hybridized carbons (Fsp3) is 0.571. The molecule has 0 radical (unpaired) electrons. The lowest BCUT2D eigenvalue weighted by atomic mass is 9.81. The lowest BCUT2D eigenvalue weighted by Gasteiger charge is -2.43. The summed E-state index contributed by atoms with van der Waals surface area (Å²) in [5, 5.41) is 0. The van der Waals surface area contributed by atoms with Gasteiger partial charge < -0.3 is 10.6 Å². The molecule has 18 heavy (non-hydrogen) atoms. The zero-order chi connectivity index (χ0) is 13.3. The third-order valence-corrected chi connectivity index (χ3v) is 3.88. The van der Waals surface area contributed by atoms with E-state index in [1.165, 1.54) is 0 Å². The van der Waals surface area contributed by atoms with Gasteiger partial charge in [-0.3, -0.25) is 9.78 Å². The van der Waals surface area contributed by atoms with E-state index in [2.05, 4.69) is 18.8 Å². The van der Waals surface area contributed by atoms with Crippen LogP contribution in [-0.2, 0) is 4.79 Å². The number of nitrogens with zero attached hydrogens (tertiary/aromatic N) is 2. The molecule has 0 bridgehead atoms. The Hall–Kier alpha value is -1.42. The van der Waals surface area contributed by atoms with E-state index in [1.54, 1.807) is 19.3 Å². The summed E-state index contributed by atoms with van der Waals surface area (Å²) in [7, 11) is 0. The van der Waals surface area contributed by atoms with Crippen molar-refractivity contribution in [3.63, 3.8) is 0 Å². The zero-order valence-electron chi connectivity index (χ0n) is 11.3. The van der Waals surface area contributed by atoms with Gasteiger partial charge in [0.05, 0.1) is 11.9 Å². The smallest absolute Gasteiger partial charge is 0.224 e. The molecule has 1 aromatic heterocycles. The summed E-state index contributed by atoms with van der Waals surface area (Å²) >= 11 is 0. The van der Waals surface area contributed by atoms with Crippen LogP contribution in [-0.4, -0.2) is 16.9 Å². The number of pyridine rings is 1. The number of rotatable bonds is 2. The minimum atomic E-state index is -0.0184. The lowest BCUT2D eigenvalue weighted by molar-refractivity contribution is -0.117. The molecule has 4 heteroatoms. The van der Waals surface area contributed by atoms with E-state index in [0.29, 0.717) is 0 Å². The maximum Gasteiger partial charge on any atom is 0.224 e. The quantitative estimate of drug-likeness (QED) is 0.872. The van der Waals surface area contributed by atoms with Gasteiger partial charge in [-0.2, -0.15) is 0 Å². The average Bonchev–Trinajstić information content (AvgIpc) is 2.35. The minimum absolute atomic E-state index is 0.0184. The van der Waals surface area contributed by atoms with Crippen molar-refractivity contribution < 1.29 is 4.79 Å². The summed E-state index contributed by atoms with van der Waals surface area (Å²) in [5.74, 6) is 0.338. The fourth-order valence-corrected chi connectivity index (χ4v) is 2.91. The van der Waals surface area contributed by atoms with Gasteiger partial charge in [-0.25, -0.2) is 0 Å². The third-order valence-electron chi connectivity index (χ3n) is 3.88. The SMILES string of the molecule is CCCC1[C@H](C)[C@@H](N)c2ccncc2N1C(C)=O. The summed E-state index contributed by atoms with van der Waals surface area (Å²) in [4.78, 5) is 18.0. The van der Waals surface area contributed by atoms with E-state index in [-0.39, 0.29) is 23.9 Å². The monoisotopic (exact) mass is 247 g/mol. The fourth-order valence-electron chi connectivity index (χ4n) is 2.91. The number of aromatic nitrogens is 1. The number of carbonyl (C=O) groups excluding carboxylic acids is 1. The van der Waals surface area contributed by atoms with Crippen LogP contribution in [0.15, 0.2) is 18.5 Å². The molecule has 2 heterocycles. The van der Waals surface area contributed by atoms with Crippen molar-refractivity contribution in [3.8, 4) is 0 Å². The van der Waals surface area contributed by atoms with Crippen LogP contribution >= 0.6 is 0 Å². The summed E-state index contributed by atoms with van der Waals surface area (Å²) in [6.07, 6.45) is 5.51. The van der Waals surface area contributed by atoms with Crippen LogP contribution in [0.2, 0.25) is 0 Å². The van der Waals surface area contributed by atoms with Crippen LogP contribution in [0.5, 0.6) is 0 Å². The number of fused-ring (bicyclic) bond motifs is 1. The molecule has 4 nitrogen and oxygen atoms in total. The maximum absolute atomic E-state index is 12.0. The standard InChI is InChI=1S/C14H21N3O/c1-4-5-12-9(2)14(15)11-6-7-16-8-13(11)17(12)10(3)18/h6-9,12,14H,4-5,15H2,1-3H3/t9-,12?,14+/m0/s1. The predicted molar refractivity (Wildman–Crippen MR) is 72.2 cm³/mol. The highest BCUT2D eigenvalue weighted by Crippen LogP contribution is 2.40. The molecule has 1 amide bonds. The average molecular weight is 247 g/mol. The summed E-state index contributed by atoms with van der Waals surface area (Å²) in [6.45, 7) is 5.88. The van der Waals surface area contributed by atoms with E-state index < -0.39 is 0 Å². The zero-order valence-corrected chi connectivity index (χ0v) is 11.3. The molecule has 98 valence electrons. The van der Waals surface area contributed by atoms with Crippen molar-refractivity contribution in [2.24, 2.45) is 11.7 Å². The molecule has 0 spiro atoms. The first-order chi connectivity index (χ1) is 8.57. The normalized spacial score (nSPS) is 26.9. The van der Waals surface area contributed by atoms with Crippen LogP contribution in [0.4, 0.5) is 5.69 Å². The molecule has 0 saturated heterocycles. The summed E-state index contributed by atoms with van der Waals surface area (Å²) in [5.41, 5.74) is 8.22. The molecule has 1 aliphatic heterocycles. The molecule has 2 rings (SSSR count). The summed E-state index contributed by atoms with van der Waals surface area (Å²) < 4.78 is 0. The molecular formula is C14H21N3O. The van der Waals surface area contributed by atoms with E-state index in [0.717, 1.165) is 24.1 Å². The number of anilines is 1.